The topological polar surface area (TPSA) is 79.5 Å². The molecule has 1 heterocycles. The molecule has 0 amide bonds. The summed E-state index contributed by atoms with van der Waals surface area (Å²) >= 11 is 0. The van der Waals surface area contributed by atoms with E-state index in [1.807, 2.05) is 0 Å². The monoisotopic (exact) mass is 284 g/mol. The zero-order valence-electron chi connectivity index (χ0n) is 12.4. The summed E-state index contributed by atoms with van der Waals surface area (Å²) in [7, 11) is 3.09. The van der Waals surface area contributed by atoms with Crippen molar-refractivity contribution in [2.75, 3.05) is 38.1 Å². The average Bonchev–Trinajstić information content (AvgIpc) is 2.45. The standard InChI is InChI=1S/C13H24N4O3/c1-4-17(7-5-9-18)8-6-14-11-10-12(19)16(3)13(20)15(11)2/h10,14,18H,4-9H2,1-3H3. The van der Waals surface area contributed by atoms with E-state index in [4.69, 9.17) is 5.11 Å². The van der Waals surface area contributed by atoms with E-state index in [0.717, 1.165) is 30.6 Å². The molecule has 0 bridgehead atoms. The van der Waals surface area contributed by atoms with Gasteiger partial charge in [0.2, 0.25) is 0 Å². The van der Waals surface area contributed by atoms with E-state index < -0.39 is 0 Å². The summed E-state index contributed by atoms with van der Waals surface area (Å²) in [4.78, 5) is 25.5. The van der Waals surface area contributed by atoms with Gasteiger partial charge in [-0.3, -0.25) is 13.9 Å². The van der Waals surface area contributed by atoms with Crippen LogP contribution in [0.25, 0.3) is 0 Å². The van der Waals surface area contributed by atoms with Crippen LogP contribution in [-0.2, 0) is 14.1 Å². The van der Waals surface area contributed by atoms with Crippen LogP contribution in [0.4, 0.5) is 5.82 Å². The molecule has 0 saturated heterocycles. The summed E-state index contributed by atoms with van der Waals surface area (Å²) in [5.41, 5.74) is -0.657. The van der Waals surface area contributed by atoms with Gasteiger partial charge in [-0.25, -0.2) is 4.79 Å². The van der Waals surface area contributed by atoms with Crippen LogP contribution < -0.4 is 16.6 Å². The molecular weight excluding hydrogens is 260 g/mol. The van der Waals surface area contributed by atoms with Crippen LogP contribution in [0.3, 0.4) is 0 Å². The van der Waals surface area contributed by atoms with E-state index in [2.05, 4.69) is 17.1 Å². The highest BCUT2D eigenvalue weighted by atomic mass is 16.3. The lowest BCUT2D eigenvalue weighted by Gasteiger charge is -2.20. The van der Waals surface area contributed by atoms with Gasteiger partial charge in [0, 0.05) is 46.4 Å². The van der Waals surface area contributed by atoms with Crippen molar-refractivity contribution >= 4 is 5.82 Å². The van der Waals surface area contributed by atoms with Crippen LogP contribution >= 0.6 is 0 Å². The van der Waals surface area contributed by atoms with E-state index in [9.17, 15) is 9.59 Å². The predicted octanol–water partition coefficient (Wildman–Crippen LogP) is -0.800. The zero-order valence-corrected chi connectivity index (χ0v) is 12.4. The lowest BCUT2D eigenvalue weighted by molar-refractivity contribution is 0.234. The molecule has 7 nitrogen and oxygen atoms in total. The van der Waals surface area contributed by atoms with Gasteiger partial charge in [-0.15, -0.1) is 0 Å². The van der Waals surface area contributed by atoms with E-state index >= 15 is 0 Å². The normalized spacial score (nSPS) is 11.1. The largest absolute Gasteiger partial charge is 0.396 e. The molecule has 20 heavy (non-hydrogen) atoms. The Kier molecular flexibility index (Phi) is 6.47. The lowest BCUT2D eigenvalue weighted by atomic mass is 10.4. The van der Waals surface area contributed by atoms with Gasteiger partial charge in [0.15, 0.2) is 0 Å². The first-order valence-electron chi connectivity index (χ1n) is 6.85. The number of likely N-dealkylation sites (N-methyl/N-ethyl adjacent to an activating group) is 1. The Morgan fingerprint density at radius 3 is 2.55 bits per heavy atom. The third kappa shape index (κ3) is 4.21. The van der Waals surface area contributed by atoms with Crippen molar-refractivity contribution in [1.29, 1.82) is 0 Å². The Bertz CT molecular complexity index is 535. The maximum absolute atomic E-state index is 11.8. The molecule has 1 aromatic heterocycles. The summed E-state index contributed by atoms with van der Waals surface area (Å²) in [5.74, 6) is 0.524. The van der Waals surface area contributed by atoms with Crippen molar-refractivity contribution in [3.63, 3.8) is 0 Å². The molecule has 0 aliphatic heterocycles. The van der Waals surface area contributed by atoms with Gasteiger partial charge in [-0.05, 0) is 13.0 Å². The molecule has 114 valence electrons. The minimum absolute atomic E-state index is 0.188. The fourth-order valence-corrected chi connectivity index (χ4v) is 1.97. The first kappa shape index (κ1) is 16.5. The fraction of sp³-hybridized carbons (Fsp3) is 0.692. The van der Waals surface area contributed by atoms with Crippen molar-refractivity contribution in [3.8, 4) is 0 Å². The van der Waals surface area contributed by atoms with Crippen molar-refractivity contribution in [1.82, 2.24) is 14.0 Å². The summed E-state index contributed by atoms with van der Waals surface area (Å²) in [5, 5.41) is 11.9. The third-order valence-electron chi connectivity index (χ3n) is 3.34. The Labute approximate surface area is 118 Å². The summed E-state index contributed by atoms with van der Waals surface area (Å²) < 4.78 is 2.50. The Balaban J connectivity index is 2.62. The molecule has 1 rings (SSSR count). The maximum atomic E-state index is 11.8. The van der Waals surface area contributed by atoms with Crippen LogP contribution in [-0.4, -0.2) is 51.9 Å². The SMILES string of the molecule is CCN(CCCO)CCNc1cc(=O)n(C)c(=O)n1C. The molecule has 0 saturated carbocycles. The number of aromatic nitrogens is 2. The lowest BCUT2D eigenvalue weighted by Crippen LogP contribution is -2.38. The van der Waals surface area contributed by atoms with Crippen molar-refractivity contribution in [2.45, 2.75) is 13.3 Å². The molecule has 0 spiro atoms. The van der Waals surface area contributed by atoms with Gasteiger partial charge in [-0.1, -0.05) is 6.92 Å². The second-order valence-corrected chi connectivity index (χ2v) is 4.71. The summed E-state index contributed by atoms with van der Waals surface area (Å²) in [6, 6.07) is 1.42. The molecule has 0 unspecified atom stereocenters. The average molecular weight is 284 g/mol. The summed E-state index contributed by atoms with van der Waals surface area (Å²) in [6.07, 6.45) is 0.748. The molecule has 2 N–H and O–H groups in total. The van der Waals surface area contributed by atoms with Crippen LogP contribution in [0.1, 0.15) is 13.3 Å². The van der Waals surface area contributed by atoms with Crippen molar-refractivity contribution in [3.05, 3.63) is 26.9 Å². The highest BCUT2D eigenvalue weighted by Gasteiger charge is 2.06. The van der Waals surface area contributed by atoms with Crippen LogP contribution in [0.5, 0.6) is 0 Å². The number of nitrogens with one attached hydrogen (secondary N) is 1. The van der Waals surface area contributed by atoms with Crippen LogP contribution in [0.15, 0.2) is 15.7 Å². The quantitative estimate of drug-likeness (QED) is 0.653. The fourth-order valence-electron chi connectivity index (χ4n) is 1.97. The molecule has 0 aromatic carbocycles. The van der Waals surface area contributed by atoms with E-state index in [1.54, 1.807) is 7.05 Å². The number of rotatable bonds is 8. The Hall–Kier alpha value is -1.60. The number of aliphatic hydroxyl groups is 1. The molecule has 0 radical (unpaired) electrons. The summed E-state index contributed by atoms with van der Waals surface area (Å²) in [6.45, 7) is 5.42. The number of nitrogens with zero attached hydrogens (tertiary/aromatic N) is 3. The van der Waals surface area contributed by atoms with Gasteiger partial charge < -0.3 is 15.3 Å². The van der Waals surface area contributed by atoms with Gasteiger partial charge in [0.05, 0.1) is 0 Å². The smallest absolute Gasteiger partial charge is 0.332 e. The highest BCUT2D eigenvalue weighted by Crippen LogP contribution is 1.98. The third-order valence-corrected chi connectivity index (χ3v) is 3.34. The van der Waals surface area contributed by atoms with Crippen molar-refractivity contribution in [2.24, 2.45) is 14.1 Å². The van der Waals surface area contributed by atoms with E-state index in [0.29, 0.717) is 12.4 Å². The number of hydrogen-bond acceptors (Lipinski definition) is 5. The Morgan fingerprint density at radius 2 is 1.95 bits per heavy atom. The van der Waals surface area contributed by atoms with Gasteiger partial charge in [-0.2, -0.15) is 0 Å². The molecule has 0 fully saturated rings. The molecule has 0 atom stereocenters. The Morgan fingerprint density at radius 1 is 1.25 bits per heavy atom. The predicted molar refractivity (Wildman–Crippen MR) is 79.2 cm³/mol. The van der Waals surface area contributed by atoms with E-state index in [-0.39, 0.29) is 17.9 Å². The number of anilines is 1. The molecule has 0 aliphatic rings. The minimum atomic E-state index is -0.340. The number of aliphatic hydroxyl groups excluding tert-OH is 1. The van der Waals surface area contributed by atoms with Crippen LogP contribution in [0, 0.1) is 0 Å². The molecule has 1 aromatic rings. The van der Waals surface area contributed by atoms with Gasteiger partial charge in [0.25, 0.3) is 5.56 Å². The van der Waals surface area contributed by atoms with Crippen molar-refractivity contribution < 1.29 is 5.11 Å². The first-order chi connectivity index (χ1) is 9.51. The number of hydrogen-bond donors (Lipinski definition) is 2. The van der Waals surface area contributed by atoms with Gasteiger partial charge >= 0.3 is 5.69 Å². The second-order valence-electron chi connectivity index (χ2n) is 4.71. The molecular formula is C13H24N4O3. The first-order valence-corrected chi connectivity index (χ1v) is 6.85. The highest BCUT2D eigenvalue weighted by molar-refractivity contribution is 5.33. The second kappa shape index (κ2) is 7.86. The molecule has 0 aliphatic carbocycles. The molecule has 7 heteroatoms. The van der Waals surface area contributed by atoms with Crippen LogP contribution in [0.2, 0.25) is 0 Å². The maximum Gasteiger partial charge on any atom is 0.332 e. The van der Waals surface area contributed by atoms with E-state index in [1.165, 1.54) is 17.7 Å². The van der Waals surface area contributed by atoms with Gasteiger partial charge in [0.1, 0.15) is 5.82 Å². The minimum Gasteiger partial charge on any atom is -0.396 e. The zero-order chi connectivity index (χ0) is 15.1.